The van der Waals surface area contributed by atoms with Crippen molar-refractivity contribution in [2.75, 3.05) is 19.7 Å². The van der Waals surface area contributed by atoms with E-state index in [1.807, 2.05) is 0 Å². The third kappa shape index (κ3) is 3.90. The van der Waals surface area contributed by atoms with Gasteiger partial charge in [0.2, 0.25) is 0 Å². The number of ether oxygens (including phenoxy) is 1. The van der Waals surface area contributed by atoms with Crippen LogP contribution in [-0.2, 0) is 10.0 Å². The molecule has 0 unspecified atom stereocenters. The van der Waals surface area contributed by atoms with Crippen LogP contribution >= 0.6 is 11.6 Å². The summed E-state index contributed by atoms with van der Waals surface area (Å²) in [5, 5.41) is 19.9. The number of nitrogens with zero attached hydrogens (tertiary/aromatic N) is 2. The number of nitrogens with one attached hydrogen (secondary N) is 2. The number of likely N-dealkylation sites (tertiary alicyclic amines) is 1. The second-order valence-electron chi connectivity index (χ2n) is 8.17. The van der Waals surface area contributed by atoms with E-state index in [-0.39, 0.29) is 23.1 Å². The fourth-order valence-electron chi connectivity index (χ4n) is 3.81. The van der Waals surface area contributed by atoms with Crippen molar-refractivity contribution in [1.29, 1.82) is 5.26 Å². The van der Waals surface area contributed by atoms with Gasteiger partial charge in [0.1, 0.15) is 23.5 Å². The Morgan fingerprint density at radius 1 is 1.42 bits per heavy atom. The lowest BCUT2D eigenvalue weighted by Crippen LogP contribution is -2.56. The lowest BCUT2D eigenvalue weighted by molar-refractivity contribution is 0.0368. The van der Waals surface area contributed by atoms with Crippen LogP contribution in [0.2, 0.25) is 5.02 Å². The quantitative estimate of drug-likeness (QED) is 0.630. The Labute approximate surface area is 184 Å². The average molecular weight is 465 g/mol. The van der Waals surface area contributed by atoms with Crippen LogP contribution < -0.4 is 9.46 Å². The molecule has 0 spiro atoms. The number of carbonyl (C=O) groups excluding carboxylic acids is 1. The summed E-state index contributed by atoms with van der Waals surface area (Å²) < 4.78 is 33.8. The van der Waals surface area contributed by atoms with E-state index >= 15 is 0 Å². The van der Waals surface area contributed by atoms with Gasteiger partial charge >= 0.3 is 0 Å². The van der Waals surface area contributed by atoms with Gasteiger partial charge in [-0.25, -0.2) is 13.1 Å². The van der Waals surface area contributed by atoms with Gasteiger partial charge in [0.05, 0.1) is 23.1 Å². The maximum absolute atomic E-state index is 12.9. The molecule has 31 heavy (non-hydrogen) atoms. The summed E-state index contributed by atoms with van der Waals surface area (Å²) in [6, 6.07) is 7.26. The molecule has 1 aromatic carbocycles. The SMILES string of the molecule is Cc1[nH]c(S(=O)(=O)N[C@H]2COc3ccc(Cl)cc3[C@@H]2O)cc1C(=O)N1CC(C)(C#N)C1. The van der Waals surface area contributed by atoms with E-state index in [2.05, 4.69) is 15.8 Å². The number of fused-ring (bicyclic) bond motifs is 1. The lowest BCUT2D eigenvalue weighted by atomic mass is 9.83. The van der Waals surface area contributed by atoms with Gasteiger partial charge in [0, 0.05) is 29.4 Å². The fourth-order valence-corrected chi connectivity index (χ4v) is 5.27. The molecule has 2 aromatic rings. The number of aromatic amines is 1. The van der Waals surface area contributed by atoms with E-state index in [1.165, 1.54) is 17.0 Å². The molecule has 2 aliphatic rings. The van der Waals surface area contributed by atoms with Crippen LogP contribution in [0.15, 0.2) is 29.3 Å². The molecule has 9 nitrogen and oxygen atoms in total. The highest BCUT2D eigenvalue weighted by molar-refractivity contribution is 7.89. The van der Waals surface area contributed by atoms with Crippen LogP contribution in [-0.4, -0.2) is 55.1 Å². The smallest absolute Gasteiger partial charge is 0.256 e. The first-order valence-electron chi connectivity index (χ1n) is 9.56. The van der Waals surface area contributed by atoms with Crippen molar-refractivity contribution in [2.45, 2.75) is 31.0 Å². The number of hydrogen-bond donors (Lipinski definition) is 3. The second kappa shape index (κ2) is 7.53. The van der Waals surface area contributed by atoms with Crippen molar-refractivity contribution in [1.82, 2.24) is 14.6 Å². The summed E-state index contributed by atoms with van der Waals surface area (Å²) in [6.07, 6.45) is -1.15. The molecule has 164 valence electrons. The van der Waals surface area contributed by atoms with Crippen molar-refractivity contribution in [2.24, 2.45) is 5.41 Å². The first kappa shape index (κ1) is 21.6. The predicted octanol–water partition coefficient (Wildman–Crippen LogP) is 1.74. The number of amides is 1. The highest BCUT2D eigenvalue weighted by Gasteiger charge is 2.42. The number of rotatable bonds is 4. The van der Waals surface area contributed by atoms with Gasteiger partial charge in [-0.3, -0.25) is 4.79 Å². The van der Waals surface area contributed by atoms with Gasteiger partial charge < -0.3 is 19.7 Å². The molecule has 0 radical (unpaired) electrons. The summed E-state index contributed by atoms with van der Waals surface area (Å²) in [4.78, 5) is 16.9. The number of aromatic nitrogens is 1. The summed E-state index contributed by atoms with van der Waals surface area (Å²) in [5.41, 5.74) is 0.432. The van der Waals surface area contributed by atoms with Crippen LogP contribution in [0.4, 0.5) is 0 Å². The van der Waals surface area contributed by atoms with E-state index in [0.717, 1.165) is 0 Å². The zero-order chi connectivity index (χ0) is 22.6. The lowest BCUT2D eigenvalue weighted by Gasteiger charge is -2.43. The van der Waals surface area contributed by atoms with E-state index in [1.54, 1.807) is 26.0 Å². The monoisotopic (exact) mass is 464 g/mol. The first-order chi connectivity index (χ1) is 14.5. The van der Waals surface area contributed by atoms with Gasteiger partial charge in [-0.2, -0.15) is 5.26 Å². The van der Waals surface area contributed by atoms with E-state index in [9.17, 15) is 18.3 Å². The number of benzene rings is 1. The number of nitriles is 1. The highest BCUT2D eigenvalue weighted by Crippen LogP contribution is 2.35. The molecule has 4 rings (SSSR count). The van der Waals surface area contributed by atoms with Crippen LogP contribution in [0.1, 0.15) is 34.6 Å². The molecule has 0 saturated carbocycles. The van der Waals surface area contributed by atoms with E-state index < -0.39 is 27.6 Å². The molecule has 0 bridgehead atoms. The highest BCUT2D eigenvalue weighted by atomic mass is 35.5. The number of aliphatic hydroxyl groups excluding tert-OH is 1. The number of aliphatic hydroxyl groups is 1. The summed E-state index contributed by atoms with van der Waals surface area (Å²) in [6.45, 7) is 3.89. The van der Waals surface area contributed by atoms with E-state index in [4.69, 9.17) is 21.6 Å². The Morgan fingerprint density at radius 3 is 2.81 bits per heavy atom. The van der Waals surface area contributed by atoms with Crippen LogP contribution in [0.5, 0.6) is 5.75 Å². The number of H-pyrrole nitrogens is 1. The molecule has 1 aromatic heterocycles. The Bertz CT molecular complexity index is 1200. The molecule has 1 amide bonds. The average Bonchev–Trinajstić information content (AvgIpc) is 3.10. The largest absolute Gasteiger partial charge is 0.491 e. The van der Waals surface area contributed by atoms with Crippen molar-refractivity contribution < 1.29 is 23.1 Å². The minimum atomic E-state index is -4.08. The Morgan fingerprint density at radius 2 is 2.13 bits per heavy atom. The van der Waals surface area contributed by atoms with Crippen molar-refractivity contribution >= 4 is 27.5 Å². The van der Waals surface area contributed by atoms with Gasteiger partial charge in [0.15, 0.2) is 0 Å². The van der Waals surface area contributed by atoms with Crippen LogP contribution in [0, 0.1) is 23.7 Å². The Balaban J connectivity index is 1.52. The number of carbonyl (C=O) groups is 1. The zero-order valence-electron chi connectivity index (χ0n) is 16.8. The Kier molecular flexibility index (Phi) is 5.26. The molecule has 0 aliphatic carbocycles. The fraction of sp³-hybridized carbons (Fsp3) is 0.400. The number of sulfonamides is 1. The van der Waals surface area contributed by atoms with Gasteiger partial charge in [0.25, 0.3) is 15.9 Å². The molecule has 2 aliphatic heterocycles. The van der Waals surface area contributed by atoms with Crippen LogP contribution in [0.3, 0.4) is 0 Å². The summed E-state index contributed by atoms with van der Waals surface area (Å²) in [5.74, 6) is 0.0994. The molecule has 11 heteroatoms. The minimum Gasteiger partial charge on any atom is -0.491 e. The standard InChI is InChI=1S/C20H21ClN4O5S/c1-11-13(19(27)25-9-20(2,8-22)10-25)6-17(23-11)31(28,29)24-15-7-30-16-4-3-12(21)5-14(16)18(15)26/h3-6,15,18,23-24,26H,7,9-10H2,1-2H3/t15-,18-/m0/s1. The molecule has 1 saturated heterocycles. The normalized spacial score (nSPS) is 22.1. The third-order valence-corrected chi connectivity index (χ3v) is 7.19. The number of hydrogen-bond acceptors (Lipinski definition) is 6. The predicted molar refractivity (Wildman–Crippen MR) is 111 cm³/mol. The molecule has 3 heterocycles. The molecular formula is C20H21ClN4O5S. The van der Waals surface area contributed by atoms with Crippen molar-refractivity contribution in [3.8, 4) is 11.8 Å². The second-order valence-corrected chi connectivity index (χ2v) is 10.3. The third-order valence-electron chi connectivity index (χ3n) is 5.54. The molecule has 2 atom stereocenters. The Hall–Kier alpha value is -2.58. The molecule has 3 N–H and O–H groups in total. The van der Waals surface area contributed by atoms with Gasteiger partial charge in [-0.05, 0) is 38.1 Å². The summed E-state index contributed by atoms with van der Waals surface area (Å²) in [7, 11) is -4.08. The topological polar surface area (TPSA) is 136 Å². The van der Waals surface area contributed by atoms with Crippen molar-refractivity contribution in [3.63, 3.8) is 0 Å². The number of halogens is 1. The van der Waals surface area contributed by atoms with Gasteiger partial charge in [-0.1, -0.05) is 11.6 Å². The summed E-state index contributed by atoms with van der Waals surface area (Å²) >= 11 is 5.97. The molecule has 1 fully saturated rings. The van der Waals surface area contributed by atoms with Crippen molar-refractivity contribution in [3.05, 3.63) is 46.1 Å². The zero-order valence-corrected chi connectivity index (χ0v) is 18.4. The maximum Gasteiger partial charge on any atom is 0.256 e. The molecular weight excluding hydrogens is 444 g/mol. The van der Waals surface area contributed by atoms with E-state index in [0.29, 0.717) is 35.1 Å². The van der Waals surface area contributed by atoms with Crippen LogP contribution in [0.25, 0.3) is 0 Å². The van der Waals surface area contributed by atoms with Gasteiger partial charge in [-0.15, -0.1) is 0 Å². The number of aryl methyl sites for hydroxylation is 1. The first-order valence-corrected chi connectivity index (χ1v) is 11.4. The maximum atomic E-state index is 12.9. The minimum absolute atomic E-state index is 0.0684.